The molecule has 0 bridgehead atoms. The Kier molecular flexibility index (Phi) is 5.99. The van der Waals surface area contributed by atoms with Crippen molar-refractivity contribution in [3.05, 3.63) is 35.4 Å². The molecule has 4 nitrogen and oxygen atoms in total. The van der Waals surface area contributed by atoms with Crippen LogP contribution in [0.2, 0.25) is 0 Å². The second-order valence-electron chi connectivity index (χ2n) is 5.31. The summed E-state index contributed by atoms with van der Waals surface area (Å²) >= 11 is 0. The van der Waals surface area contributed by atoms with Gasteiger partial charge in [0, 0.05) is 0 Å². The number of hydrogen-bond donors (Lipinski definition) is 1. The van der Waals surface area contributed by atoms with Crippen LogP contribution in [-0.2, 0) is 9.53 Å². The molecule has 0 aromatic heterocycles. The van der Waals surface area contributed by atoms with Crippen LogP contribution in [0.15, 0.2) is 24.3 Å². The minimum absolute atomic E-state index is 0. The fourth-order valence-corrected chi connectivity index (χ4v) is 2.46. The van der Waals surface area contributed by atoms with Gasteiger partial charge in [-0.25, -0.2) is 0 Å². The third-order valence-electron chi connectivity index (χ3n) is 3.64. The monoisotopic (exact) mass is 298 g/mol. The van der Waals surface area contributed by atoms with E-state index in [9.17, 15) is 4.79 Å². The normalized spacial score (nSPS) is 23.9. The van der Waals surface area contributed by atoms with Crippen molar-refractivity contribution in [2.75, 3.05) is 13.2 Å². The summed E-state index contributed by atoms with van der Waals surface area (Å²) in [6.07, 6.45) is -0.0555. The number of amides is 1. The van der Waals surface area contributed by atoms with E-state index in [2.05, 4.69) is 19.1 Å². The Morgan fingerprint density at radius 2 is 2.10 bits per heavy atom. The Morgan fingerprint density at radius 3 is 2.70 bits per heavy atom. The van der Waals surface area contributed by atoms with Gasteiger partial charge in [0.05, 0.1) is 25.2 Å². The van der Waals surface area contributed by atoms with Gasteiger partial charge in [0.2, 0.25) is 5.91 Å². The van der Waals surface area contributed by atoms with Crippen LogP contribution >= 0.6 is 12.4 Å². The smallest absolute Gasteiger partial charge is 0.239 e. The molecule has 1 aliphatic rings. The van der Waals surface area contributed by atoms with Gasteiger partial charge >= 0.3 is 0 Å². The van der Waals surface area contributed by atoms with Crippen molar-refractivity contribution in [2.24, 2.45) is 5.73 Å². The van der Waals surface area contributed by atoms with E-state index in [4.69, 9.17) is 10.5 Å². The largest absolute Gasteiger partial charge is 0.370 e. The van der Waals surface area contributed by atoms with Crippen LogP contribution in [0.25, 0.3) is 0 Å². The number of aryl methyl sites for hydroxylation is 1. The minimum Gasteiger partial charge on any atom is -0.370 e. The molecule has 1 aromatic carbocycles. The first kappa shape index (κ1) is 17.0. The third-order valence-corrected chi connectivity index (χ3v) is 3.64. The summed E-state index contributed by atoms with van der Waals surface area (Å²) in [5.41, 5.74) is 8.05. The molecular formula is C15H23ClN2O2. The Morgan fingerprint density at radius 1 is 1.45 bits per heavy atom. The maximum atomic E-state index is 12.1. The molecule has 2 unspecified atom stereocenters. The fourth-order valence-electron chi connectivity index (χ4n) is 2.46. The first-order chi connectivity index (χ1) is 9.00. The van der Waals surface area contributed by atoms with E-state index < -0.39 is 6.04 Å². The molecule has 0 aliphatic carbocycles. The van der Waals surface area contributed by atoms with Crippen molar-refractivity contribution in [1.29, 1.82) is 0 Å². The Balaban J connectivity index is 0.00000200. The van der Waals surface area contributed by atoms with Gasteiger partial charge in [-0.05, 0) is 31.9 Å². The molecule has 5 heteroatoms. The zero-order chi connectivity index (χ0) is 14.0. The number of halogens is 1. The molecule has 0 radical (unpaired) electrons. The summed E-state index contributed by atoms with van der Waals surface area (Å²) < 4.78 is 5.88. The number of hydrogen-bond acceptors (Lipinski definition) is 3. The standard InChI is InChI=1S/C15H22N2O2.ClH/c1-10-6-4-5-7-13(10)14-8-17(11(2)9-19-14)15(18)12(3)16;/h4-7,11-12,14H,8-9,16H2,1-3H3;1H/t11?,12-,14?;/m1./s1. The quantitative estimate of drug-likeness (QED) is 0.909. The Hall–Kier alpha value is -1.10. The molecule has 1 saturated heterocycles. The van der Waals surface area contributed by atoms with Crippen LogP contribution in [0.3, 0.4) is 0 Å². The molecular weight excluding hydrogens is 276 g/mol. The second-order valence-corrected chi connectivity index (χ2v) is 5.31. The summed E-state index contributed by atoms with van der Waals surface area (Å²) in [5.74, 6) is -0.00520. The SMILES string of the molecule is Cc1ccccc1C1CN(C(=O)[C@@H](C)N)C(C)CO1.Cl. The highest BCUT2D eigenvalue weighted by Gasteiger charge is 2.32. The Bertz CT molecular complexity index is 465. The number of nitrogens with zero attached hydrogens (tertiary/aromatic N) is 1. The lowest BCUT2D eigenvalue weighted by Gasteiger charge is -2.39. The van der Waals surface area contributed by atoms with Crippen LogP contribution in [0.1, 0.15) is 31.1 Å². The van der Waals surface area contributed by atoms with Gasteiger partial charge in [0.15, 0.2) is 0 Å². The zero-order valence-electron chi connectivity index (χ0n) is 12.2. The highest BCUT2D eigenvalue weighted by molar-refractivity contribution is 5.85. The summed E-state index contributed by atoms with van der Waals surface area (Å²) in [4.78, 5) is 14.0. The number of benzene rings is 1. The van der Waals surface area contributed by atoms with E-state index in [1.807, 2.05) is 24.0 Å². The summed E-state index contributed by atoms with van der Waals surface area (Å²) in [7, 11) is 0. The molecule has 20 heavy (non-hydrogen) atoms. The van der Waals surface area contributed by atoms with Crippen LogP contribution in [0.4, 0.5) is 0 Å². The number of ether oxygens (including phenoxy) is 1. The first-order valence-corrected chi connectivity index (χ1v) is 6.74. The molecule has 1 aromatic rings. The zero-order valence-corrected chi connectivity index (χ0v) is 13.0. The molecule has 1 fully saturated rings. The van der Waals surface area contributed by atoms with Gasteiger partial charge in [0.1, 0.15) is 6.10 Å². The van der Waals surface area contributed by atoms with Crippen LogP contribution in [0.5, 0.6) is 0 Å². The van der Waals surface area contributed by atoms with E-state index >= 15 is 0 Å². The lowest BCUT2D eigenvalue weighted by Crippen LogP contribution is -2.52. The van der Waals surface area contributed by atoms with Crippen molar-refractivity contribution in [1.82, 2.24) is 4.90 Å². The van der Waals surface area contributed by atoms with Crippen molar-refractivity contribution >= 4 is 18.3 Å². The van der Waals surface area contributed by atoms with E-state index in [1.165, 1.54) is 5.56 Å². The Labute approximate surface area is 126 Å². The van der Waals surface area contributed by atoms with Crippen molar-refractivity contribution in [3.63, 3.8) is 0 Å². The van der Waals surface area contributed by atoms with Crippen LogP contribution in [0, 0.1) is 6.92 Å². The predicted octanol–water partition coefficient (Wildman–Crippen LogP) is 2.05. The molecule has 0 saturated carbocycles. The lowest BCUT2D eigenvalue weighted by molar-refractivity contribution is -0.145. The van der Waals surface area contributed by atoms with Gasteiger partial charge in [-0.15, -0.1) is 12.4 Å². The number of nitrogens with two attached hydrogens (primary N) is 1. The highest BCUT2D eigenvalue weighted by Crippen LogP contribution is 2.27. The van der Waals surface area contributed by atoms with Gasteiger partial charge in [-0.2, -0.15) is 0 Å². The third kappa shape index (κ3) is 3.51. The van der Waals surface area contributed by atoms with Gasteiger partial charge < -0.3 is 15.4 Å². The molecule has 112 valence electrons. The van der Waals surface area contributed by atoms with E-state index in [-0.39, 0.29) is 30.5 Å². The number of rotatable bonds is 2. The van der Waals surface area contributed by atoms with E-state index in [0.29, 0.717) is 13.2 Å². The number of carbonyl (C=O) groups excluding carboxylic acids is 1. The molecule has 3 atom stereocenters. The van der Waals surface area contributed by atoms with Gasteiger partial charge in [-0.1, -0.05) is 24.3 Å². The van der Waals surface area contributed by atoms with Crippen molar-refractivity contribution < 1.29 is 9.53 Å². The van der Waals surface area contributed by atoms with Crippen molar-refractivity contribution in [2.45, 2.75) is 39.0 Å². The molecule has 0 spiro atoms. The number of morpholine rings is 1. The van der Waals surface area contributed by atoms with Crippen LogP contribution < -0.4 is 5.73 Å². The highest BCUT2D eigenvalue weighted by atomic mass is 35.5. The summed E-state index contributed by atoms with van der Waals surface area (Å²) in [6.45, 7) is 6.92. The molecule has 1 aliphatic heterocycles. The van der Waals surface area contributed by atoms with Crippen molar-refractivity contribution in [3.8, 4) is 0 Å². The second kappa shape index (κ2) is 7.07. The van der Waals surface area contributed by atoms with Crippen LogP contribution in [-0.4, -0.2) is 36.0 Å². The van der Waals surface area contributed by atoms with E-state index in [1.54, 1.807) is 6.92 Å². The predicted molar refractivity (Wildman–Crippen MR) is 81.9 cm³/mol. The molecule has 1 amide bonds. The average molecular weight is 299 g/mol. The number of carbonyl (C=O) groups is 1. The van der Waals surface area contributed by atoms with E-state index in [0.717, 1.165) is 5.56 Å². The lowest BCUT2D eigenvalue weighted by atomic mass is 10.0. The van der Waals surface area contributed by atoms with Gasteiger partial charge in [-0.3, -0.25) is 4.79 Å². The maximum Gasteiger partial charge on any atom is 0.239 e. The molecule has 2 rings (SSSR count). The maximum absolute atomic E-state index is 12.1. The van der Waals surface area contributed by atoms with Gasteiger partial charge in [0.25, 0.3) is 0 Å². The fraction of sp³-hybridized carbons (Fsp3) is 0.533. The molecule has 1 heterocycles. The summed E-state index contributed by atoms with van der Waals surface area (Å²) in [5, 5.41) is 0. The topological polar surface area (TPSA) is 55.6 Å². The average Bonchev–Trinajstić information content (AvgIpc) is 2.39. The summed E-state index contributed by atoms with van der Waals surface area (Å²) in [6, 6.07) is 7.76. The minimum atomic E-state index is -0.460. The molecule has 2 N–H and O–H groups in total. The first-order valence-electron chi connectivity index (χ1n) is 6.74.